The van der Waals surface area contributed by atoms with Gasteiger partial charge in [0.25, 0.3) is 0 Å². The van der Waals surface area contributed by atoms with Crippen molar-refractivity contribution in [2.75, 3.05) is 18.9 Å². The molecule has 0 saturated heterocycles. The number of aliphatic carboxylic acids is 1. The topological polar surface area (TPSA) is 206 Å². The summed E-state index contributed by atoms with van der Waals surface area (Å²) >= 11 is 3.94. The summed E-state index contributed by atoms with van der Waals surface area (Å²) in [6.45, 7) is -0.366. The van der Waals surface area contributed by atoms with E-state index in [0.717, 1.165) is 0 Å². The van der Waals surface area contributed by atoms with Crippen molar-refractivity contribution in [3.05, 3.63) is 0 Å². The number of carbonyl (C=O) groups is 3. The van der Waals surface area contributed by atoms with Crippen LogP contribution in [-0.4, -0.2) is 71.0 Å². The third-order valence-corrected chi connectivity index (χ3v) is 3.27. The fourth-order valence-corrected chi connectivity index (χ4v) is 1.85. The molecule has 0 aliphatic heterocycles. The van der Waals surface area contributed by atoms with Gasteiger partial charge in [-0.3, -0.25) is 14.6 Å². The molecule has 0 rings (SSSR count). The van der Waals surface area contributed by atoms with Crippen LogP contribution in [0.3, 0.4) is 0 Å². The van der Waals surface area contributed by atoms with Crippen molar-refractivity contribution in [3.63, 3.8) is 0 Å². The normalized spacial score (nSPS) is 14.1. The Morgan fingerprint density at radius 1 is 1.12 bits per heavy atom. The number of carboxylic acids is 1. The molecule has 3 atom stereocenters. The molecule has 11 nitrogen and oxygen atoms in total. The van der Waals surface area contributed by atoms with Gasteiger partial charge in [0.15, 0.2) is 5.96 Å². The van der Waals surface area contributed by atoms with Gasteiger partial charge in [0.1, 0.15) is 18.1 Å². The van der Waals surface area contributed by atoms with Gasteiger partial charge in [-0.15, -0.1) is 0 Å². The number of thiol groups is 1. The van der Waals surface area contributed by atoms with Crippen LogP contribution in [0, 0.1) is 0 Å². The summed E-state index contributed by atoms with van der Waals surface area (Å²) < 4.78 is 0. The largest absolute Gasteiger partial charge is 0.480 e. The molecule has 24 heavy (non-hydrogen) atoms. The Bertz CT molecular complexity index is 471. The first-order valence-electron chi connectivity index (χ1n) is 7.09. The van der Waals surface area contributed by atoms with Crippen LogP contribution in [0.5, 0.6) is 0 Å². The third-order valence-electron chi connectivity index (χ3n) is 2.91. The number of aliphatic hydroxyl groups is 1. The molecule has 0 bridgehead atoms. The Balaban J connectivity index is 4.64. The molecule has 0 aromatic carbocycles. The summed E-state index contributed by atoms with van der Waals surface area (Å²) in [6.07, 6.45) is 0.434. The number of hydrogen-bond donors (Lipinski definition) is 8. The quantitative estimate of drug-likeness (QED) is 0.0791. The Hall–Kier alpha value is -2.05. The molecule has 138 valence electrons. The van der Waals surface area contributed by atoms with E-state index in [1.54, 1.807) is 0 Å². The summed E-state index contributed by atoms with van der Waals surface area (Å²) in [6, 6.07) is -3.44. The van der Waals surface area contributed by atoms with Crippen molar-refractivity contribution in [2.45, 2.75) is 31.0 Å². The van der Waals surface area contributed by atoms with Gasteiger partial charge < -0.3 is 38.0 Å². The lowest BCUT2D eigenvalue weighted by atomic mass is 10.1. The van der Waals surface area contributed by atoms with Crippen LogP contribution in [0.4, 0.5) is 0 Å². The van der Waals surface area contributed by atoms with Gasteiger partial charge in [0, 0.05) is 12.3 Å². The number of aliphatic imine (C=N–C) groups is 1. The van der Waals surface area contributed by atoms with Crippen molar-refractivity contribution in [1.82, 2.24) is 10.6 Å². The maximum atomic E-state index is 12.1. The molecule has 0 aromatic heterocycles. The highest BCUT2D eigenvalue weighted by molar-refractivity contribution is 7.80. The summed E-state index contributed by atoms with van der Waals surface area (Å²) in [5, 5.41) is 22.5. The van der Waals surface area contributed by atoms with Crippen LogP contribution >= 0.6 is 12.6 Å². The zero-order valence-corrected chi connectivity index (χ0v) is 13.9. The Morgan fingerprint density at radius 3 is 2.17 bits per heavy atom. The minimum Gasteiger partial charge on any atom is -0.480 e. The number of nitrogens with zero attached hydrogens (tertiary/aromatic N) is 1. The number of guanidine groups is 1. The maximum absolute atomic E-state index is 12.1. The van der Waals surface area contributed by atoms with Crippen LogP contribution in [0.15, 0.2) is 4.99 Å². The van der Waals surface area contributed by atoms with E-state index in [1.165, 1.54) is 0 Å². The Morgan fingerprint density at radius 2 is 1.71 bits per heavy atom. The highest BCUT2D eigenvalue weighted by Gasteiger charge is 2.26. The number of aliphatic hydroxyl groups excluding tert-OH is 1. The number of carboxylic acid groups (broad SMARTS) is 1. The first-order valence-corrected chi connectivity index (χ1v) is 7.72. The molecule has 0 aliphatic rings. The SMILES string of the molecule is NC(N)=NCCC[C@H](NC(=O)[C@H](CS)NC(=O)[C@@H](N)CO)C(=O)O. The third kappa shape index (κ3) is 8.55. The Labute approximate surface area is 144 Å². The minimum absolute atomic E-state index is 0.0734. The second kappa shape index (κ2) is 11.5. The predicted molar refractivity (Wildman–Crippen MR) is 90.3 cm³/mol. The number of carbonyl (C=O) groups excluding carboxylic acids is 2. The maximum Gasteiger partial charge on any atom is 0.326 e. The molecule has 0 unspecified atom stereocenters. The van der Waals surface area contributed by atoms with Gasteiger partial charge in [-0.1, -0.05) is 0 Å². The van der Waals surface area contributed by atoms with Gasteiger partial charge in [0.05, 0.1) is 6.61 Å². The fourth-order valence-electron chi connectivity index (χ4n) is 1.59. The zero-order chi connectivity index (χ0) is 18.7. The van der Waals surface area contributed by atoms with Crippen molar-refractivity contribution in [3.8, 4) is 0 Å². The van der Waals surface area contributed by atoms with E-state index in [-0.39, 0.29) is 24.7 Å². The number of nitrogens with two attached hydrogens (primary N) is 3. The smallest absolute Gasteiger partial charge is 0.326 e. The Kier molecular flexibility index (Phi) is 10.5. The summed E-state index contributed by atoms with van der Waals surface area (Å²) in [5.74, 6) is -2.88. The standard InChI is InChI=1S/C12H24N6O5S/c13-6(4-19)9(20)18-8(5-24)10(21)17-7(11(22)23)2-1-3-16-12(14)15/h6-8,19,24H,1-5,13H2,(H,17,21)(H,18,20)(H,22,23)(H4,14,15,16)/t6-,7-,8-/m0/s1. The monoisotopic (exact) mass is 364 g/mol. The van der Waals surface area contributed by atoms with E-state index in [9.17, 15) is 14.4 Å². The minimum atomic E-state index is -1.23. The molecule has 10 N–H and O–H groups in total. The number of hydrogen-bond acceptors (Lipinski definition) is 7. The molecule has 0 aliphatic carbocycles. The first kappa shape index (κ1) is 21.9. The molecular weight excluding hydrogens is 340 g/mol. The number of rotatable bonds is 11. The molecule has 0 spiro atoms. The highest BCUT2D eigenvalue weighted by Crippen LogP contribution is 2.00. The van der Waals surface area contributed by atoms with Crippen LogP contribution in [0.2, 0.25) is 0 Å². The van der Waals surface area contributed by atoms with Crippen molar-refractivity contribution in [1.29, 1.82) is 0 Å². The van der Waals surface area contributed by atoms with E-state index < -0.39 is 42.5 Å². The number of amides is 2. The van der Waals surface area contributed by atoms with E-state index in [0.29, 0.717) is 6.42 Å². The fraction of sp³-hybridized carbons (Fsp3) is 0.667. The van der Waals surface area contributed by atoms with E-state index in [2.05, 4.69) is 28.3 Å². The molecule has 12 heteroatoms. The highest BCUT2D eigenvalue weighted by atomic mass is 32.1. The van der Waals surface area contributed by atoms with Gasteiger partial charge in [-0.05, 0) is 12.8 Å². The number of nitrogens with one attached hydrogen (secondary N) is 2. The lowest BCUT2D eigenvalue weighted by molar-refractivity contribution is -0.142. The average molecular weight is 364 g/mol. The summed E-state index contributed by atoms with van der Waals surface area (Å²) in [4.78, 5) is 38.6. The van der Waals surface area contributed by atoms with Crippen molar-refractivity contribution < 1.29 is 24.6 Å². The molecule has 0 fully saturated rings. The van der Waals surface area contributed by atoms with Crippen LogP contribution in [0.1, 0.15) is 12.8 Å². The van der Waals surface area contributed by atoms with Crippen molar-refractivity contribution in [2.24, 2.45) is 22.2 Å². The van der Waals surface area contributed by atoms with E-state index >= 15 is 0 Å². The lowest BCUT2D eigenvalue weighted by Crippen LogP contribution is -2.55. The molecule has 0 radical (unpaired) electrons. The van der Waals surface area contributed by atoms with E-state index in [4.69, 9.17) is 27.4 Å². The molecule has 0 heterocycles. The lowest BCUT2D eigenvalue weighted by Gasteiger charge is -2.21. The van der Waals surface area contributed by atoms with Crippen LogP contribution < -0.4 is 27.8 Å². The van der Waals surface area contributed by atoms with Crippen LogP contribution in [-0.2, 0) is 14.4 Å². The van der Waals surface area contributed by atoms with Crippen LogP contribution in [0.25, 0.3) is 0 Å². The molecule has 2 amide bonds. The summed E-state index contributed by atoms with van der Waals surface area (Å²) in [7, 11) is 0. The van der Waals surface area contributed by atoms with Gasteiger partial charge in [0.2, 0.25) is 11.8 Å². The predicted octanol–water partition coefficient (Wildman–Crippen LogP) is -3.66. The van der Waals surface area contributed by atoms with Gasteiger partial charge in [-0.2, -0.15) is 12.6 Å². The second-order valence-electron chi connectivity index (χ2n) is 4.88. The zero-order valence-electron chi connectivity index (χ0n) is 13.0. The average Bonchev–Trinajstić information content (AvgIpc) is 2.53. The first-order chi connectivity index (χ1) is 11.2. The summed E-state index contributed by atoms with van der Waals surface area (Å²) in [5.41, 5.74) is 15.6. The van der Waals surface area contributed by atoms with Gasteiger partial charge >= 0.3 is 5.97 Å². The van der Waals surface area contributed by atoms with Gasteiger partial charge in [-0.25, -0.2) is 4.79 Å². The molecule has 0 saturated carbocycles. The van der Waals surface area contributed by atoms with Crippen molar-refractivity contribution >= 4 is 36.4 Å². The molecule has 0 aromatic rings. The molecular formula is C12H24N6O5S. The van der Waals surface area contributed by atoms with E-state index in [1.807, 2.05) is 0 Å². The second-order valence-corrected chi connectivity index (χ2v) is 5.25.